The van der Waals surface area contributed by atoms with Crippen molar-refractivity contribution in [3.8, 4) is 5.75 Å². The van der Waals surface area contributed by atoms with Crippen LogP contribution in [0.5, 0.6) is 5.75 Å². The number of hydrogen-bond donors (Lipinski definition) is 3. The van der Waals surface area contributed by atoms with Crippen molar-refractivity contribution in [1.82, 2.24) is 15.3 Å². The van der Waals surface area contributed by atoms with E-state index in [2.05, 4.69) is 20.6 Å². The molecular formula is C15H16N4O3. The van der Waals surface area contributed by atoms with E-state index >= 15 is 0 Å². The molecule has 0 radical (unpaired) electrons. The van der Waals surface area contributed by atoms with Gasteiger partial charge in [0.1, 0.15) is 11.6 Å². The van der Waals surface area contributed by atoms with Crippen molar-refractivity contribution in [3.05, 3.63) is 41.5 Å². The fraction of sp³-hybridized carbons (Fsp3) is 0.267. The van der Waals surface area contributed by atoms with Crippen LogP contribution < -0.4 is 15.4 Å². The molecule has 0 aliphatic carbocycles. The quantitative estimate of drug-likeness (QED) is 0.801. The van der Waals surface area contributed by atoms with Gasteiger partial charge >= 0.3 is 0 Å². The van der Waals surface area contributed by atoms with Gasteiger partial charge in [0.05, 0.1) is 11.7 Å². The number of H-pyrrole nitrogens is 1. The largest absolute Gasteiger partial charge is 0.482 e. The van der Waals surface area contributed by atoms with Gasteiger partial charge in [-0.2, -0.15) is 0 Å². The highest BCUT2D eigenvalue weighted by Crippen LogP contribution is 2.28. The molecule has 1 atom stereocenters. The van der Waals surface area contributed by atoms with Crippen LogP contribution in [0.2, 0.25) is 0 Å². The van der Waals surface area contributed by atoms with Crippen LogP contribution >= 0.6 is 0 Å². The number of carbonyl (C=O) groups excluding carboxylic acids is 2. The second-order valence-corrected chi connectivity index (χ2v) is 5.19. The van der Waals surface area contributed by atoms with Gasteiger partial charge in [-0.05, 0) is 32.0 Å². The van der Waals surface area contributed by atoms with Gasteiger partial charge in [0.2, 0.25) is 0 Å². The van der Waals surface area contributed by atoms with Gasteiger partial charge in [0.15, 0.2) is 6.61 Å². The summed E-state index contributed by atoms with van der Waals surface area (Å²) in [6.07, 6.45) is 1.72. The molecule has 0 saturated carbocycles. The highest BCUT2D eigenvalue weighted by molar-refractivity contribution is 5.99. The number of amides is 2. The van der Waals surface area contributed by atoms with Crippen LogP contribution in [0.3, 0.4) is 0 Å². The third-order valence-electron chi connectivity index (χ3n) is 3.36. The summed E-state index contributed by atoms with van der Waals surface area (Å²) < 4.78 is 5.31. The van der Waals surface area contributed by atoms with E-state index in [4.69, 9.17) is 4.74 Å². The van der Waals surface area contributed by atoms with Crippen LogP contribution in [0, 0.1) is 6.92 Å². The lowest BCUT2D eigenvalue weighted by Crippen LogP contribution is -2.28. The van der Waals surface area contributed by atoms with Crippen LogP contribution in [-0.4, -0.2) is 28.4 Å². The predicted molar refractivity (Wildman–Crippen MR) is 79.8 cm³/mol. The Balaban J connectivity index is 1.74. The number of hydrogen-bond acceptors (Lipinski definition) is 4. The third kappa shape index (κ3) is 2.78. The number of aryl methyl sites for hydroxylation is 1. The van der Waals surface area contributed by atoms with Crippen LogP contribution in [0.4, 0.5) is 5.69 Å². The van der Waals surface area contributed by atoms with Crippen molar-refractivity contribution in [2.75, 3.05) is 11.9 Å². The first kappa shape index (κ1) is 14.1. The second-order valence-electron chi connectivity index (χ2n) is 5.19. The normalized spacial score (nSPS) is 14.5. The van der Waals surface area contributed by atoms with Crippen molar-refractivity contribution >= 4 is 17.5 Å². The number of ether oxygens (including phenoxy) is 1. The average molecular weight is 300 g/mol. The van der Waals surface area contributed by atoms with E-state index in [1.807, 2.05) is 13.8 Å². The van der Waals surface area contributed by atoms with Crippen molar-refractivity contribution in [2.24, 2.45) is 0 Å². The summed E-state index contributed by atoms with van der Waals surface area (Å²) in [5, 5.41) is 5.55. The van der Waals surface area contributed by atoms with Gasteiger partial charge in [-0.1, -0.05) is 0 Å². The summed E-state index contributed by atoms with van der Waals surface area (Å²) in [5.41, 5.74) is 1.97. The first-order chi connectivity index (χ1) is 10.5. The monoisotopic (exact) mass is 300 g/mol. The standard InChI is InChI=1S/C15H16N4O3/c1-8-6-16-14(17-8)9(2)18-15(21)10-3-4-11-12(5-10)22-7-13(20)19-11/h3-6,9H,7H2,1-2H3,(H,16,17)(H,18,21)(H,19,20). The fourth-order valence-corrected chi connectivity index (χ4v) is 2.22. The van der Waals surface area contributed by atoms with Crippen LogP contribution in [-0.2, 0) is 4.79 Å². The molecule has 0 spiro atoms. The summed E-state index contributed by atoms with van der Waals surface area (Å²) in [4.78, 5) is 30.8. The Morgan fingerprint density at radius 3 is 3.00 bits per heavy atom. The molecule has 1 unspecified atom stereocenters. The predicted octanol–water partition coefficient (Wildman–Crippen LogP) is 1.54. The van der Waals surface area contributed by atoms with Crippen molar-refractivity contribution in [1.29, 1.82) is 0 Å². The first-order valence-corrected chi connectivity index (χ1v) is 6.92. The molecule has 2 amide bonds. The van der Waals surface area contributed by atoms with Crippen LogP contribution in [0.15, 0.2) is 24.4 Å². The molecule has 0 saturated heterocycles. The summed E-state index contributed by atoms with van der Waals surface area (Å²) >= 11 is 0. The topological polar surface area (TPSA) is 96.1 Å². The lowest BCUT2D eigenvalue weighted by atomic mass is 10.1. The van der Waals surface area contributed by atoms with Gasteiger partial charge in [-0.15, -0.1) is 0 Å². The zero-order chi connectivity index (χ0) is 15.7. The Labute approximate surface area is 127 Å². The molecule has 22 heavy (non-hydrogen) atoms. The fourth-order valence-electron chi connectivity index (χ4n) is 2.22. The molecule has 2 aromatic rings. The van der Waals surface area contributed by atoms with E-state index in [0.717, 1.165) is 5.69 Å². The number of benzene rings is 1. The first-order valence-electron chi connectivity index (χ1n) is 6.92. The summed E-state index contributed by atoms with van der Waals surface area (Å²) in [7, 11) is 0. The van der Waals surface area contributed by atoms with Crippen molar-refractivity contribution in [2.45, 2.75) is 19.9 Å². The molecule has 1 aromatic heterocycles. The van der Waals surface area contributed by atoms with Gasteiger partial charge in [-0.25, -0.2) is 4.98 Å². The Hall–Kier alpha value is -2.83. The molecule has 7 nitrogen and oxygen atoms in total. The zero-order valence-corrected chi connectivity index (χ0v) is 12.3. The maximum Gasteiger partial charge on any atom is 0.262 e. The highest BCUT2D eigenvalue weighted by Gasteiger charge is 2.19. The molecule has 1 aliphatic heterocycles. The minimum absolute atomic E-state index is 0.0415. The van der Waals surface area contributed by atoms with Gasteiger partial charge in [0, 0.05) is 17.5 Å². The molecule has 1 aliphatic rings. The smallest absolute Gasteiger partial charge is 0.262 e. The van der Waals surface area contributed by atoms with Crippen molar-refractivity contribution < 1.29 is 14.3 Å². The van der Waals surface area contributed by atoms with Crippen LogP contribution in [0.25, 0.3) is 0 Å². The third-order valence-corrected chi connectivity index (χ3v) is 3.36. The van der Waals surface area contributed by atoms with E-state index < -0.39 is 0 Å². The molecule has 2 heterocycles. The number of aromatic amines is 1. The number of anilines is 1. The zero-order valence-electron chi connectivity index (χ0n) is 12.3. The molecule has 114 valence electrons. The Bertz CT molecular complexity index is 738. The SMILES string of the molecule is Cc1cnc(C(C)NC(=O)c2ccc3c(c2)OCC(=O)N3)[nH]1. The lowest BCUT2D eigenvalue weighted by molar-refractivity contribution is -0.118. The highest BCUT2D eigenvalue weighted by atomic mass is 16.5. The molecule has 7 heteroatoms. The Morgan fingerprint density at radius 2 is 2.27 bits per heavy atom. The van der Waals surface area contributed by atoms with E-state index in [1.165, 1.54) is 0 Å². The summed E-state index contributed by atoms with van der Waals surface area (Å²) in [6, 6.07) is 4.68. The number of rotatable bonds is 3. The Morgan fingerprint density at radius 1 is 1.45 bits per heavy atom. The second kappa shape index (κ2) is 5.51. The molecular weight excluding hydrogens is 284 g/mol. The van der Waals surface area contributed by atoms with E-state index in [1.54, 1.807) is 24.4 Å². The minimum Gasteiger partial charge on any atom is -0.482 e. The summed E-state index contributed by atoms with van der Waals surface area (Å²) in [6.45, 7) is 3.71. The summed E-state index contributed by atoms with van der Waals surface area (Å²) in [5.74, 6) is 0.762. The van der Waals surface area contributed by atoms with Gasteiger partial charge in [-0.3, -0.25) is 9.59 Å². The number of imidazole rings is 1. The molecule has 3 rings (SSSR count). The van der Waals surface area contributed by atoms with Crippen LogP contribution in [0.1, 0.15) is 34.8 Å². The average Bonchev–Trinajstić information content (AvgIpc) is 2.93. The molecule has 1 aromatic carbocycles. The van der Waals surface area contributed by atoms with Gasteiger partial charge < -0.3 is 20.4 Å². The number of aromatic nitrogens is 2. The van der Waals surface area contributed by atoms with E-state index in [9.17, 15) is 9.59 Å². The number of fused-ring (bicyclic) bond motifs is 1. The Kier molecular flexibility index (Phi) is 3.54. The lowest BCUT2D eigenvalue weighted by Gasteiger charge is -2.19. The minimum atomic E-state index is -0.238. The molecule has 0 bridgehead atoms. The maximum atomic E-state index is 12.3. The maximum absolute atomic E-state index is 12.3. The van der Waals surface area contributed by atoms with Crippen molar-refractivity contribution in [3.63, 3.8) is 0 Å². The number of nitrogens with zero attached hydrogens (tertiary/aromatic N) is 1. The molecule has 0 fully saturated rings. The number of carbonyl (C=O) groups is 2. The van der Waals surface area contributed by atoms with E-state index in [-0.39, 0.29) is 24.5 Å². The van der Waals surface area contributed by atoms with Gasteiger partial charge in [0.25, 0.3) is 11.8 Å². The van der Waals surface area contributed by atoms with E-state index in [0.29, 0.717) is 22.8 Å². The molecule has 3 N–H and O–H groups in total. The number of nitrogens with one attached hydrogen (secondary N) is 3.